The van der Waals surface area contributed by atoms with Crippen LogP contribution in [0.4, 0.5) is 0 Å². The van der Waals surface area contributed by atoms with Crippen molar-refractivity contribution < 1.29 is 9.53 Å². The van der Waals surface area contributed by atoms with Gasteiger partial charge in [0.05, 0.1) is 12.1 Å². The maximum atomic E-state index is 12.0. The fourth-order valence-electron chi connectivity index (χ4n) is 1.99. The molecule has 1 fully saturated rings. The average Bonchev–Trinajstić information content (AvgIpc) is 2.73. The van der Waals surface area contributed by atoms with E-state index < -0.39 is 5.54 Å². The predicted molar refractivity (Wildman–Crippen MR) is 64.2 cm³/mol. The summed E-state index contributed by atoms with van der Waals surface area (Å²) in [5.41, 5.74) is 6.38. The van der Waals surface area contributed by atoms with Crippen molar-refractivity contribution in [3.63, 3.8) is 0 Å². The molecule has 0 saturated carbocycles. The molecule has 1 aromatic heterocycles. The highest BCUT2D eigenvalue weighted by molar-refractivity contribution is 5.86. The molecule has 1 aliphatic rings. The number of aromatic nitrogens is 1. The van der Waals surface area contributed by atoms with Gasteiger partial charge in [0.25, 0.3) is 0 Å². The molecule has 5 heteroatoms. The summed E-state index contributed by atoms with van der Waals surface area (Å²) in [6.45, 7) is 1.64. The second-order valence-corrected chi connectivity index (χ2v) is 4.56. The highest BCUT2D eigenvalue weighted by atomic mass is 16.5. The van der Waals surface area contributed by atoms with Gasteiger partial charge in [0.1, 0.15) is 0 Å². The van der Waals surface area contributed by atoms with Crippen molar-refractivity contribution in [1.82, 2.24) is 9.88 Å². The van der Waals surface area contributed by atoms with E-state index in [1.165, 1.54) is 0 Å². The summed E-state index contributed by atoms with van der Waals surface area (Å²) in [5.74, 6) is -0.0815. The molecule has 2 rings (SSSR count). The zero-order valence-corrected chi connectivity index (χ0v) is 10.1. The van der Waals surface area contributed by atoms with Crippen LogP contribution in [0.5, 0.6) is 0 Å². The molecule has 0 atom stereocenters. The number of carbonyl (C=O) groups excluding carboxylic acids is 1. The fourth-order valence-corrected chi connectivity index (χ4v) is 1.99. The molecule has 1 aliphatic heterocycles. The van der Waals surface area contributed by atoms with E-state index in [1.807, 2.05) is 29.9 Å². The number of rotatable bonds is 3. The van der Waals surface area contributed by atoms with Crippen LogP contribution >= 0.6 is 0 Å². The molecule has 2 heterocycles. The third kappa shape index (κ3) is 2.68. The van der Waals surface area contributed by atoms with Gasteiger partial charge in [-0.05, 0) is 25.0 Å². The minimum Gasteiger partial charge on any atom is -0.381 e. The fraction of sp³-hybridized carbons (Fsp3) is 0.583. The van der Waals surface area contributed by atoms with E-state index in [0.29, 0.717) is 32.6 Å². The van der Waals surface area contributed by atoms with E-state index in [0.717, 1.165) is 5.69 Å². The lowest BCUT2D eigenvalue weighted by Gasteiger charge is -2.31. The normalized spacial score (nSPS) is 18.9. The number of nitrogens with two attached hydrogens (primary N) is 1. The van der Waals surface area contributed by atoms with Crippen LogP contribution in [0.2, 0.25) is 0 Å². The highest BCUT2D eigenvalue weighted by Crippen LogP contribution is 2.17. The second kappa shape index (κ2) is 4.89. The molecule has 0 unspecified atom stereocenters. The quantitative estimate of drug-likeness (QED) is 0.786. The Hall–Kier alpha value is -1.33. The Kier molecular flexibility index (Phi) is 3.49. The summed E-state index contributed by atoms with van der Waals surface area (Å²) < 4.78 is 7.20. The Morgan fingerprint density at radius 3 is 2.88 bits per heavy atom. The summed E-state index contributed by atoms with van der Waals surface area (Å²) in [5, 5.41) is 2.90. The molecule has 17 heavy (non-hydrogen) atoms. The molecular formula is C12H19N3O2. The van der Waals surface area contributed by atoms with Crippen molar-refractivity contribution in [3.05, 3.63) is 24.0 Å². The van der Waals surface area contributed by atoms with Gasteiger partial charge >= 0.3 is 0 Å². The Morgan fingerprint density at radius 1 is 1.59 bits per heavy atom. The van der Waals surface area contributed by atoms with Crippen LogP contribution in [-0.4, -0.2) is 29.2 Å². The average molecular weight is 237 g/mol. The van der Waals surface area contributed by atoms with Crippen molar-refractivity contribution in [2.45, 2.75) is 24.9 Å². The summed E-state index contributed by atoms with van der Waals surface area (Å²) >= 11 is 0. The molecule has 94 valence electrons. The SMILES string of the molecule is Cn1cccc1CNC(=O)C1(N)CCOCC1. The van der Waals surface area contributed by atoms with Crippen LogP contribution in [0.15, 0.2) is 18.3 Å². The third-order valence-corrected chi connectivity index (χ3v) is 3.32. The second-order valence-electron chi connectivity index (χ2n) is 4.56. The zero-order chi connectivity index (χ0) is 12.3. The van der Waals surface area contributed by atoms with Crippen molar-refractivity contribution in [2.75, 3.05) is 13.2 Å². The van der Waals surface area contributed by atoms with E-state index in [4.69, 9.17) is 10.5 Å². The molecule has 1 aromatic rings. The largest absolute Gasteiger partial charge is 0.381 e. The smallest absolute Gasteiger partial charge is 0.240 e. The van der Waals surface area contributed by atoms with Gasteiger partial charge < -0.3 is 20.4 Å². The molecule has 0 spiro atoms. The van der Waals surface area contributed by atoms with Gasteiger partial charge in [-0.25, -0.2) is 0 Å². The van der Waals surface area contributed by atoms with E-state index in [-0.39, 0.29) is 5.91 Å². The lowest BCUT2D eigenvalue weighted by Crippen LogP contribution is -2.56. The van der Waals surface area contributed by atoms with Crippen LogP contribution in [0.3, 0.4) is 0 Å². The summed E-state index contributed by atoms with van der Waals surface area (Å²) in [6.07, 6.45) is 3.13. The van der Waals surface area contributed by atoms with Gasteiger partial charge in [0, 0.05) is 32.2 Å². The Morgan fingerprint density at radius 2 is 2.29 bits per heavy atom. The van der Waals surface area contributed by atoms with Crippen LogP contribution in [0.1, 0.15) is 18.5 Å². The molecule has 1 saturated heterocycles. The van der Waals surface area contributed by atoms with E-state index in [9.17, 15) is 4.79 Å². The zero-order valence-electron chi connectivity index (χ0n) is 10.1. The molecule has 0 aliphatic carbocycles. The number of ether oxygens (including phenoxy) is 1. The molecule has 0 bridgehead atoms. The van der Waals surface area contributed by atoms with Crippen LogP contribution < -0.4 is 11.1 Å². The van der Waals surface area contributed by atoms with Crippen LogP contribution in [-0.2, 0) is 23.1 Å². The van der Waals surface area contributed by atoms with E-state index in [1.54, 1.807) is 0 Å². The molecule has 0 radical (unpaired) electrons. The predicted octanol–water partition coefficient (Wildman–Crippen LogP) is 0.149. The number of aryl methyl sites for hydroxylation is 1. The number of carbonyl (C=O) groups is 1. The minimum absolute atomic E-state index is 0.0815. The number of nitrogens with zero attached hydrogens (tertiary/aromatic N) is 1. The number of amides is 1. The molecular weight excluding hydrogens is 218 g/mol. The lowest BCUT2D eigenvalue weighted by molar-refractivity contribution is -0.129. The van der Waals surface area contributed by atoms with Crippen molar-refractivity contribution in [3.8, 4) is 0 Å². The van der Waals surface area contributed by atoms with E-state index in [2.05, 4.69) is 5.32 Å². The van der Waals surface area contributed by atoms with Gasteiger partial charge in [-0.1, -0.05) is 0 Å². The van der Waals surface area contributed by atoms with Gasteiger partial charge in [0.2, 0.25) is 5.91 Å². The van der Waals surface area contributed by atoms with Gasteiger partial charge in [0.15, 0.2) is 0 Å². The van der Waals surface area contributed by atoms with Gasteiger partial charge in [-0.3, -0.25) is 4.79 Å². The Bertz CT molecular complexity index is 394. The van der Waals surface area contributed by atoms with Crippen molar-refractivity contribution >= 4 is 5.91 Å². The molecule has 5 nitrogen and oxygen atoms in total. The molecule has 1 amide bonds. The molecule has 0 aromatic carbocycles. The standard InChI is InChI=1S/C12H19N3O2/c1-15-6-2-3-10(15)9-14-11(16)12(13)4-7-17-8-5-12/h2-3,6H,4-5,7-9,13H2,1H3,(H,14,16). The summed E-state index contributed by atoms with van der Waals surface area (Å²) in [6, 6.07) is 3.93. The van der Waals surface area contributed by atoms with E-state index >= 15 is 0 Å². The van der Waals surface area contributed by atoms with Gasteiger partial charge in [-0.15, -0.1) is 0 Å². The molecule has 3 N–H and O–H groups in total. The Balaban J connectivity index is 1.91. The lowest BCUT2D eigenvalue weighted by atomic mass is 9.90. The monoisotopic (exact) mass is 237 g/mol. The Labute approximate surface area is 101 Å². The highest BCUT2D eigenvalue weighted by Gasteiger charge is 2.35. The topological polar surface area (TPSA) is 69.3 Å². The van der Waals surface area contributed by atoms with Crippen molar-refractivity contribution in [2.24, 2.45) is 12.8 Å². The number of hydrogen-bond donors (Lipinski definition) is 2. The third-order valence-electron chi connectivity index (χ3n) is 3.32. The number of nitrogens with one attached hydrogen (secondary N) is 1. The van der Waals surface area contributed by atoms with Crippen LogP contribution in [0.25, 0.3) is 0 Å². The number of hydrogen-bond acceptors (Lipinski definition) is 3. The first-order valence-electron chi connectivity index (χ1n) is 5.87. The first-order chi connectivity index (χ1) is 8.12. The first-order valence-corrected chi connectivity index (χ1v) is 5.87. The van der Waals surface area contributed by atoms with Crippen LogP contribution in [0, 0.1) is 0 Å². The maximum absolute atomic E-state index is 12.0. The summed E-state index contributed by atoms with van der Waals surface area (Å²) in [4.78, 5) is 12.0. The first kappa shape index (κ1) is 12.1. The summed E-state index contributed by atoms with van der Waals surface area (Å²) in [7, 11) is 1.95. The van der Waals surface area contributed by atoms with Gasteiger partial charge in [-0.2, -0.15) is 0 Å². The minimum atomic E-state index is -0.761. The van der Waals surface area contributed by atoms with Crippen molar-refractivity contribution in [1.29, 1.82) is 0 Å². The maximum Gasteiger partial charge on any atom is 0.240 e.